The van der Waals surface area contributed by atoms with E-state index in [-0.39, 0.29) is 0 Å². The second-order valence-corrected chi connectivity index (χ2v) is 4.61. The van der Waals surface area contributed by atoms with Crippen LogP contribution in [0.2, 0.25) is 0 Å². The van der Waals surface area contributed by atoms with Crippen molar-refractivity contribution in [3.05, 3.63) is 36.2 Å². The molecule has 0 radical (unpaired) electrons. The van der Waals surface area contributed by atoms with Gasteiger partial charge in [-0.1, -0.05) is 12.1 Å². The number of ether oxygens (including phenoxy) is 1. The fourth-order valence-corrected chi connectivity index (χ4v) is 2.08. The maximum absolute atomic E-state index is 5.65. The van der Waals surface area contributed by atoms with Gasteiger partial charge in [-0.25, -0.2) is 4.98 Å². The standard InChI is InChI=1S/C14H16N6O/c1-20-8-16-11-12(20)18-14(19-13(11)21-2)17-10-5-3-4-9(6-10)7-15/h3-6,8H,7,15H2,1-2H3,(H,17,18,19). The monoisotopic (exact) mass is 284 g/mol. The van der Waals surface area contributed by atoms with Crippen LogP contribution < -0.4 is 15.8 Å². The predicted molar refractivity (Wildman–Crippen MR) is 80.5 cm³/mol. The van der Waals surface area contributed by atoms with Gasteiger partial charge < -0.3 is 20.4 Å². The average Bonchev–Trinajstić information content (AvgIpc) is 2.88. The van der Waals surface area contributed by atoms with E-state index in [0.717, 1.165) is 11.3 Å². The minimum absolute atomic E-state index is 0.443. The Kier molecular flexibility index (Phi) is 3.41. The molecule has 2 aromatic heterocycles. The first kappa shape index (κ1) is 13.3. The third-order valence-electron chi connectivity index (χ3n) is 3.14. The van der Waals surface area contributed by atoms with Crippen molar-refractivity contribution in [1.82, 2.24) is 19.5 Å². The van der Waals surface area contributed by atoms with Gasteiger partial charge in [0.1, 0.15) is 0 Å². The Balaban J connectivity index is 2.01. The quantitative estimate of drug-likeness (QED) is 0.755. The van der Waals surface area contributed by atoms with Crippen LogP contribution in [0.15, 0.2) is 30.6 Å². The number of rotatable bonds is 4. The predicted octanol–water partition coefficient (Wildman–Crippen LogP) is 1.57. The molecule has 0 saturated heterocycles. The molecule has 7 nitrogen and oxygen atoms in total. The molecule has 0 saturated carbocycles. The highest BCUT2D eigenvalue weighted by atomic mass is 16.5. The zero-order chi connectivity index (χ0) is 14.8. The average molecular weight is 284 g/mol. The summed E-state index contributed by atoms with van der Waals surface area (Å²) in [6, 6.07) is 7.80. The highest BCUT2D eigenvalue weighted by Crippen LogP contribution is 2.23. The van der Waals surface area contributed by atoms with E-state index >= 15 is 0 Å². The molecule has 0 bridgehead atoms. The highest BCUT2D eigenvalue weighted by Gasteiger charge is 2.12. The third kappa shape index (κ3) is 2.50. The Hall–Kier alpha value is -2.67. The maximum atomic E-state index is 5.65. The Morgan fingerprint density at radius 1 is 1.33 bits per heavy atom. The fraction of sp³-hybridized carbons (Fsp3) is 0.214. The van der Waals surface area contributed by atoms with E-state index in [9.17, 15) is 0 Å². The van der Waals surface area contributed by atoms with E-state index in [2.05, 4.69) is 20.3 Å². The summed E-state index contributed by atoms with van der Waals surface area (Å²) in [5.74, 6) is 0.898. The van der Waals surface area contributed by atoms with Crippen molar-refractivity contribution in [1.29, 1.82) is 0 Å². The molecular formula is C14H16N6O. The highest BCUT2D eigenvalue weighted by molar-refractivity contribution is 5.78. The van der Waals surface area contributed by atoms with E-state index in [1.54, 1.807) is 13.4 Å². The molecule has 3 N–H and O–H groups in total. The van der Waals surface area contributed by atoms with Crippen molar-refractivity contribution >= 4 is 22.8 Å². The Labute approximate surface area is 121 Å². The van der Waals surface area contributed by atoms with Crippen molar-refractivity contribution in [3.8, 4) is 5.88 Å². The van der Waals surface area contributed by atoms with Gasteiger partial charge in [0.25, 0.3) is 0 Å². The molecule has 0 aliphatic heterocycles. The van der Waals surface area contributed by atoms with Crippen LogP contribution in [0.4, 0.5) is 11.6 Å². The summed E-state index contributed by atoms with van der Waals surface area (Å²) in [5.41, 5.74) is 8.91. The van der Waals surface area contributed by atoms with Gasteiger partial charge in [0.05, 0.1) is 13.4 Å². The van der Waals surface area contributed by atoms with Gasteiger partial charge in [-0.2, -0.15) is 9.97 Å². The van der Waals surface area contributed by atoms with Gasteiger partial charge in [-0.15, -0.1) is 0 Å². The molecule has 0 atom stereocenters. The number of benzene rings is 1. The van der Waals surface area contributed by atoms with E-state index in [4.69, 9.17) is 10.5 Å². The minimum atomic E-state index is 0.443. The summed E-state index contributed by atoms with van der Waals surface area (Å²) in [7, 11) is 3.44. The van der Waals surface area contributed by atoms with E-state index < -0.39 is 0 Å². The van der Waals surface area contributed by atoms with Gasteiger partial charge in [-0.3, -0.25) is 0 Å². The molecule has 3 rings (SSSR count). The second kappa shape index (κ2) is 5.37. The summed E-state index contributed by atoms with van der Waals surface area (Å²) >= 11 is 0. The number of nitrogens with one attached hydrogen (secondary N) is 1. The zero-order valence-electron chi connectivity index (χ0n) is 11.9. The van der Waals surface area contributed by atoms with E-state index in [1.807, 2.05) is 35.9 Å². The second-order valence-electron chi connectivity index (χ2n) is 4.61. The van der Waals surface area contributed by atoms with Crippen molar-refractivity contribution in [2.45, 2.75) is 6.54 Å². The van der Waals surface area contributed by atoms with Gasteiger partial charge >= 0.3 is 0 Å². The number of aromatic nitrogens is 4. The number of fused-ring (bicyclic) bond motifs is 1. The first-order valence-corrected chi connectivity index (χ1v) is 6.50. The lowest BCUT2D eigenvalue weighted by Crippen LogP contribution is -2.02. The third-order valence-corrected chi connectivity index (χ3v) is 3.14. The molecule has 0 aliphatic carbocycles. The molecule has 0 amide bonds. The lowest BCUT2D eigenvalue weighted by molar-refractivity contribution is 0.402. The number of methoxy groups -OCH3 is 1. The van der Waals surface area contributed by atoms with E-state index in [0.29, 0.717) is 29.5 Å². The van der Waals surface area contributed by atoms with Crippen LogP contribution in [0.1, 0.15) is 5.56 Å². The normalized spacial score (nSPS) is 10.8. The molecule has 0 aliphatic rings. The summed E-state index contributed by atoms with van der Waals surface area (Å²) in [5, 5.41) is 3.16. The lowest BCUT2D eigenvalue weighted by atomic mass is 10.2. The summed E-state index contributed by atoms with van der Waals surface area (Å²) in [6.07, 6.45) is 1.68. The molecule has 0 fully saturated rings. The van der Waals surface area contributed by atoms with Crippen LogP contribution in [-0.2, 0) is 13.6 Å². The summed E-state index contributed by atoms with van der Waals surface area (Å²) in [4.78, 5) is 13.0. The van der Waals surface area contributed by atoms with Crippen LogP contribution in [0, 0.1) is 0 Å². The van der Waals surface area contributed by atoms with Gasteiger partial charge in [0.15, 0.2) is 11.2 Å². The molecule has 21 heavy (non-hydrogen) atoms. The number of hydrogen-bond donors (Lipinski definition) is 2. The molecule has 0 unspecified atom stereocenters. The van der Waals surface area contributed by atoms with Crippen molar-refractivity contribution < 1.29 is 4.74 Å². The molecule has 3 aromatic rings. The molecule has 7 heteroatoms. The van der Waals surface area contributed by atoms with Crippen molar-refractivity contribution in [2.24, 2.45) is 12.8 Å². The van der Waals surface area contributed by atoms with Gasteiger partial charge in [0.2, 0.25) is 11.8 Å². The minimum Gasteiger partial charge on any atom is -0.479 e. The number of anilines is 2. The molecule has 0 spiro atoms. The Morgan fingerprint density at radius 2 is 2.19 bits per heavy atom. The molecule has 2 heterocycles. The van der Waals surface area contributed by atoms with Crippen LogP contribution in [-0.4, -0.2) is 26.6 Å². The molecule has 1 aromatic carbocycles. The Bertz CT molecular complexity index is 782. The van der Waals surface area contributed by atoms with Crippen LogP contribution in [0.3, 0.4) is 0 Å². The number of aryl methyl sites for hydroxylation is 1. The van der Waals surface area contributed by atoms with Crippen LogP contribution in [0.5, 0.6) is 5.88 Å². The summed E-state index contributed by atoms with van der Waals surface area (Å²) < 4.78 is 7.10. The number of nitrogens with two attached hydrogens (primary N) is 1. The van der Waals surface area contributed by atoms with Crippen LogP contribution >= 0.6 is 0 Å². The molecule has 108 valence electrons. The molecular weight excluding hydrogens is 268 g/mol. The van der Waals surface area contributed by atoms with Crippen molar-refractivity contribution in [2.75, 3.05) is 12.4 Å². The number of hydrogen-bond acceptors (Lipinski definition) is 6. The first-order chi connectivity index (χ1) is 10.2. The lowest BCUT2D eigenvalue weighted by Gasteiger charge is -2.08. The SMILES string of the molecule is COc1nc(Nc2cccc(CN)c2)nc2c1ncn2C. The van der Waals surface area contributed by atoms with Gasteiger partial charge in [0, 0.05) is 19.3 Å². The number of imidazole rings is 1. The van der Waals surface area contributed by atoms with Crippen LogP contribution in [0.25, 0.3) is 11.2 Å². The maximum Gasteiger partial charge on any atom is 0.246 e. The first-order valence-electron chi connectivity index (χ1n) is 6.50. The Morgan fingerprint density at radius 3 is 2.95 bits per heavy atom. The fourth-order valence-electron chi connectivity index (χ4n) is 2.08. The van der Waals surface area contributed by atoms with Gasteiger partial charge in [-0.05, 0) is 17.7 Å². The van der Waals surface area contributed by atoms with Crippen molar-refractivity contribution in [3.63, 3.8) is 0 Å². The summed E-state index contributed by atoms with van der Waals surface area (Å²) in [6.45, 7) is 0.487. The largest absolute Gasteiger partial charge is 0.479 e. The van der Waals surface area contributed by atoms with E-state index in [1.165, 1.54) is 0 Å². The topological polar surface area (TPSA) is 90.9 Å². The zero-order valence-corrected chi connectivity index (χ0v) is 11.9. The number of nitrogens with zero attached hydrogens (tertiary/aromatic N) is 4. The smallest absolute Gasteiger partial charge is 0.246 e.